The standard InChI is InChI=1S/C19H25ClN2O2S/c1-4-22(5-2)25(23,24)18-12-10-16(11-13-18)15(3)21-14-17-8-6-7-9-19(17)20/h6-13,15,21H,4-5,14H2,1-3H3/t15-/m1/s1. The second kappa shape index (κ2) is 8.81. The molecule has 0 heterocycles. The lowest BCUT2D eigenvalue weighted by Crippen LogP contribution is -2.30. The predicted molar refractivity (Wildman–Crippen MR) is 103 cm³/mol. The fourth-order valence-corrected chi connectivity index (χ4v) is 4.32. The van der Waals surface area contributed by atoms with E-state index in [9.17, 15) is 8.42 Å². The van der Waals surface area contributed by atoms with Gasteiger partial charge in [-0.2, -0.15) is 4.31 Å². The van der Waals surface area contributed by atoms with Gasteiger partial charge in [0.1, 0.15) is 0 Å². The van der Waals surface area contributed by atoms with Gasteiger partial charge in [-0.05, 0) is 36.2 Å². The molecule has 0 aliphatic carbocycles. The largest absolute Gasteiger partial charge is 0.306 e. The molecule has 2 aromatic carbocycles. The Balaban J connectivity index is 2.08. The van der Waals surface area contributed by atoms with Gasteiger partial charge in [0.15, 0.2) is 0 Å². The van der Waals surface area contributed by atoms with E-state index >= 15 is 0 Å². The Morgan fingerprint density at radius 3 is 2.20 bits per heavy atom. The number of hydrogen-bond acceptors (Lipinski definition) is 3. The molecule has 2 aromatic rings. The smallest absolute Gasteiger partial charge is 0.243 e. The molecule has 2 rings (SSSR count). The van der Waals surface area contributed by atoms with E-state index in [0.29, 0.717) is 24.5 Å². The summed E-state index contributed by atoms with van der Waals surface area (Å²) in [6.07, 6.45) is 0. The van der Waals surface area contributed by atoms with Crippen LogP contribution in [0.4, 0.5) is 0 Å². The molecule has 0 aromatic heterocycles. The van der Waals surface area contributed by atoms with Crippen LogP contribution in [0.3, 0.4) is 0 Å². The van der Waals surface area contributed by atoms with E-state index in [2.05, 4.69) is 5.32 Å². The Kier molecular flexibility index (Phi) is 7.02. The van der Waals surface area contributed by atoms with Gasteiger partial charge in [0.05, 0.1) is 4.90 Å². The second-order valence-electron chi connectivity index (χ2n) is 5.85. The third-order valence-corrected chi connectivity index (χ3v) is 6.71. The summed E-state index contributed by atoms with van der Waals surface area (Å²) >= 11 is 6.17. The van der Waals surface area contributed by atoms with Gasteiger partial charge in [-0.3, -0.25) is 0 Å². The van der Waals surface area contributed by atoms with Crippen LogP contribution in [-0.2, 0) is 16.6 Å². The Morgan fingerprint density at radius 1 is 1.04 bits per heavy atom. The lowest BCUT2D eigenvalue weighted by molar-refractivity contribution is 0.445. The van der Waals surface area contributed by atoms with Gasteiger partial charge in [0.25, 0.3) is 0 Å². The maximum Gasteiger partial charge on any atom is 0.243 e. The SMILES string of the molecule is CCN(CC)S(=O)(=O)c1ccc([C@@H](C)NCc2ccccc2Cl)cc1. The molecular weight excluding hydrogens is 356 g/mol. The van der Waals surface area contributed by atoms with Crippen LogP contribution in [-0.4, -0.2) is 25.8 Å². The summed E-state index contributed by atoms with van der Waals surface area (Å²) in [6, 6.07) is 14.9. The number of sulfonamides is 1. The Morgan fingerprint density at radius 2 is 1.64 bits per heavy atom. The second-order valence-corrected chi connectivity index (χ2v) is 8.20. The van der Waals surface area contributed by atoms with Crippen molar-refractivity contribution in [3.8, 4) is 0 Å². The molecule has 136 valence electrons. The highest BCUT2D eigenvalue weighted by molar-refractivity contribution is 7.89. The molecule has 0 aliphatic heterocycles. The minimum Gasteiger partial charge on any atom is -0.306 e. The third-order valence-electron chi connectivity index (χ3n) is 4.28. The Bertz CT molecular complexity index is 787. The maximum absolute atomic E-state index is 12.5. The van der Waals surface area contributed by atoms with Crippen LogP contribution in [0.1, 0.15) is 37.9 Å². The fourth-order valence-electron chi connectivity index (χ4n) is 2.66. The van der Waals surface area contributed by atoms with Crippen LogP contribution >= 0.6 is 11.6 Å². The zero-order valence-electron chi connectivity index (χ0n) is 14.9. The van der Waals surface area contributed by atoms with Crippen molar-refractivity contribution in [1.82, 2.24) is 9.62 Å². The van der Waals surface area contributed by atoms with Crippen molar-refractivity contribution in [2.75, 3.05) is 13.1 Å². The van der Waals surface area contributed by atoms with Crippen LogP contribution in [0.2, 0.25) is 5.02 Å². The molecule has 0 saturated heterocycles. The molecule has 0 aliphatic rings. The van der Waals surface area contributed by atoms with Gasteiger partial charge in [-0.1, -0.05) is 55.8 Å². The molecule has 0 fully saturated rings. The first-order valence-corrected chi connectivity index (χ1v) is 10.3. The minimum atomic E-state index is -3.41. The zero-order chi connectivity index (χ0) is 18.4. The first kappa shape index (κ1) is 19.9. The van der Waals surface area contributed by atoms with E-state index in [1.165, 1.54) is 4.31 Å². The van der Waals surface area contributed by atoms with Gasteiger partial charge in [0, 0.05) is 30.7 Å². The van der Waals surface area contributed by atoms with Crippen LogP contribution in [0, 0.1) is 0 Å². The van der Waals surface area contributed by atoms with E-state index in [0.717, 1.165) is 16.1 Å². The van der Waals surface area contributed by atoms with Gasteiger partial charge < -0.3 is 5.32 Å². The summed E-state index contributed by atoms with van der Waals surface area (Å²) in [5, 5.41) is 4.15. The molecule has 1 N–H and O–H groups in total. The molecular formula is C19H25ClN2O2S. The van der Waals surface area contributed by atoms with Crippen LogP contribution in [0.5, 0.6) is 0 Å². The monoisotopic (exact) mass is 380 g/mol. The molecule has 25 heavy (non-hydrogen) atoms. The minimum absolute atomic E-state index is 0.0847. The molecule has 4 nitrogen and oxygen atoms in total. The van der Waals surface area contributed by atoms with Crippen LogP contribution in [0.25, 0.3) is 0 Å². The quantitative estimate of drug-likeness (QED) is 0.745. The first-order chi connectivity index (χ1) is 11.9. The molecule has 6 heteroatoms. The summed E-state index contributed by atoms with van der Waals surface area (Å²) in [5.41, 5.74) is 2.07. The Hall–Kier alpha value is -1.40. The molecule has 0 bridgehead atoms. The average molecular weight is 381 g/mol. The Labute approximate surface area is 155 Å². The normalized spacial score (nSPS) is 13.2. The van der Waals surface area contributed by atoms with E-state index in [1.54, 1.807) is 12.1 Å². The third kappa shape index (κ3) is 4.82. The highest BCUT2D eigenvalue weighted by Gasteiger charge is 2.21. The molecule has 0 saturated carbocycles. The highest BCUT2D eigenvalue weighted by Crippen LogP contribution is 2.21. The van der Waals surface area contributed by atoms with E-state index in [1.807, 2.05) is 57.2 Å². The van der Waals surface area contributed by atoms with E-state index < -0.39 is 10.0 Å². The lowest BCUT2D eigenvalue weighted by Gasteiger charge is -2.19. The lowest BCUT2D eigenvalue weighted by atomic mass is 10.1. The van der Waals surface area contributed by atoms with Crippen molar-refractivity contribution in [3.05, 3.63) is 64.7 Å². The summed E-state index contributed by atoms with van der Waals surface area (Å²) in [5.74, 6) is 0. The highest BCUT2D eigenvalue weighted by atomic mass is 35.5. The van der Waals surface area contributed by atoms with Gasteiger partial charge in [0.2, 0.25) is 10.0 Å². The predicted octanol–water partition coefficient (Wildman–Crippen LogP) is 4.22. The van der Waals surface area contributed by atoms with Gasteiger partial charge in [-0.25, -0.2) is 8.42 Å². The van der Waals surface area contributed by atoms with Crippen molar-refractivity contribution in [2.24, 2.45) is 0 Å². The van der Waals surface area contributed by atoms with Crippen LogP contribution in [0.15, 0.2) is 53.4 Å². The van der Waals surface area contributed by atoms with Crippen LogP contribution < -0.4 is 5.32 Å². The average Bonchev–Trinajstić information content (AvgIpc) is 2.61. The fraction of sp³-hybridized carbons (Fsp3) is 0.368. The molecule has 0 radical (unpaired) electrons. The zero-order valence-corrected chi connectivity index (χ0v) is 16.4. The van der Waals surface area contributed by atoms with Crippen molar-refractivity contribution in [3.63, 3.8) is 0 Å². The number of nitrogens with zero attached hydrogens (tertiary/aromatic N) is 1. The number of hydrogen-bond donors (Lipinski definition) is 1. The molecule has 0 unspecified atom stereocenters. The van der Waals surface area contributed by atoms with Crippen molar-refractivity contribution in [2.45, 2.75) is 38.3 Å². The number of rotatable bonds is 8. The summed E-state index contributed by atoms with van der Waals surface area (Å²) in [7, 11) is -3.41. The van der Waals surface area contributed by atoms with Crippen molar-refractivity contribution < 1.29 is 8.42 Å². The maximum atomic E-state index is 12.5. The summed E-state index contributed by atoms with van der Waals surface area (Å²) < 4.78 is 26.5. The topological polar surface area (TPSA) is 49.4 Å². The van der Waals surface area contributed by atoms with Gasteiger partial charge in [-0.15, -0.1) is 0 Å². The number of halogens is 1. The summed E-state index contributed by atoms with van der Waals surface area (Å²) in [6.45, 7) is 7.32. The first-order valence-electron chi connectivity index (χ1n) is 8.47. The van der Waals surface area contributed by atoms with Crippen molar-refractivity contribution >= 4 is 21.6 Å². The molecule has 0 spiro atoms. The number of benzene rings is 2. The molecule has 1 atom stereocenters. The van der Waals surface area contributed by atoms with E-state index in [4.69, 9.17) is 11.6 Å². The van der Waals surface area contributed by atoms with E-state index in [-0.39, 0.29) is 6.04 Å². The van der Waals surface area contributed by atoms with Crippen molar-refractivity contribution in [1.29, 1.82) is 0 Å². The summed E-state index contributed by atoms with van der Waals surface area (Å²) in [4.78, 5) is 0.332. The van der Waals surface area contributed by atoms with Gasteiger partial charge >= 0.3 is 0 Å². The number of nitrogens with one attached hydrogen (secondary N) is 1. The molecule has 0 amide bonds.